The number of nitrogens with zero attached hydrogens (tertiary/aromatic N) is 3. The Kier molecular flexibility index (Phi) is 9.85. The van der Waals surface area contributed by atoms with Crippen molar-refractivity contribution in [2.75, 3.05) is 6.54 Å². The van der Waals surface area contributed by atoms with Crippen molar-refractivity contribution < 1.29 is 36.6 Å². The maximum atomic E-state index is 14.1. The number of carbonyl (C=O) groups is 2. The first kappa shape index (κ1) is 29.0. The van der Waals surface area contributed by atoms with Gasteiger partial charge in [-0.05, 0) is 55.1 Å². The van der Waals surface area contributed by atoms with Gasteiger partial charge in [-0.15, -0.1) is 0 Å². The van der Waals surface area contributed by atoms with Gasteiger partial charge >= 0.3 is 5.97 Å². The predicted octanol–water partition coefficient (Wildman–Crippen LogP) is 5.52. The molecule has 9 nitrogen and oxygen atoms in total. The number of aryl methyl sites for hydroxylation is 1. The van der Waals surface area contributed by atoms with Gasteiger partial charge in [-0.1, -0.05) is 34.9 Å². The Labute approximate surface area is 220 Å². The van der Waals surface area contributed by atoms with E-state index in [9.17, 15) is 27.2 Å². The van der Waals surface area contributed by atoms with Gasteiger partial charge in [0.05, 0.1) is 0 Å². The van der Waals surface area contributed by atoms with E-state index in [0.29, 0.717) is 12.4 Å². The van der Waals surface area contributed by atoms with Crippen molar-refractivity contribution in [3.05, 3.63) is 98.9 Å². The van der Waals surface area contributed by atoms with Gasteiger partial charge in [0, 0.05) is 11.5 Å². The highest BCUT2D eigenvalue weighted by Gasteiger charge is 2.29. The number of nitrogens with one attached hydrogen (secondary N) is 1. The molecule has 0 saturated heterocycles. The van der Waals surface area contributed by atoms with Gasteiger partial charge in [-0.2, -0.15) is 0 Å². The second-order valence-corrected chi connectivity index (χ2v) is 8.34. The third-order valence-corrected chi connectivity index (χ3v) is 5.46. The quantitative estimate of drug-likeness (QED) is 0.0478. The first-order valence-corrected chi connectivity index (χ1v) is 11.6. The molecular formula is C26H23F4N5O4. The summed E-state index contributed by atoms with van der Waals surface area (Å²) in [6.45, 7) is 2.13. The summed E-state index contributed by atoms with van der Waals surface area (Å²) in [6, 6.07) is 13.1. The number of hydrogen-bond donors (Lipinski definition) is 2. The van der Waals surface area contributed by atoms with Crippen LogP contribution in [-0.2, 0) is 11.4 Å². The summed E-state index contributed by atoms with van der Waals surface area (Å²) in [5.74, 6) is -9.46. The molecule has 0 radical (unpaired) electrons. The SMILES string of the molecule is Cc1ccc(COc2ccc(OC(=O)C(N)CCCNC(=O)c3c(F)c(F)c(N=[N+]=[N-])c(F)c3F)cc2)cc1. The Bertz CT molecular complexity index is 1370. The molecular weight excluding hydrogens is 522 g/mol. The van der Waals surface area contributed by atoms with E-state index >= 15 is 0 Å². The van der Waals surface area contributed by atoms with Crippen LogP contribution in [0.2, 0.25) is 0 Å². The lowest BCUT2D eigenvalue weighted by Crippen LogP contribution is -2.35. The van der Waals surface area contributed by atoms with Crippen LogP contribution in [0, 0.1) is 30.2 Å². The van der Waals surface area contributed by atoms with Gasteiger partial charge in [-0.25, -0.2) is 22.4 Å². The molecule has 3 aromatic carbocycles. The monoisotopic (exact) mass is 545 g/mol. The fourth-order valence-corrected chi connectivity index (χ4v) is 3.33. The van der Waals surface area contributed by atoms with E-state index in [1.54, 1.807) is 12.1 Å². The van der Waals surface area contributed by atoms with Crippen LogP contribution < -0.4 is 20.5 Å². The van der Waals surface area contributed by atoms with E-state index < -0.39 is 52.4 Å². The Morgan fingerprint density at radius 3 is 2.15 bits per heavy atom. The molecule has 0 fully saturated rings. The van der Waals surface area contributed by atoms with Crippen LogP contribution >= 0.6 is 0 Å². The molecule has 0 aromatic heterocycles. The first-order valence-electron chi connectivity index (χ1n) is 11.6. The summed E-state index contributed by atoms with van der Waals surface area (Å²) in [4.78, 5) is 26.4. The fourth-order valence-electron chi connectivity index (χ4n) is 3.33. The highest BCUT2D eigenvalue weighted by molar-refractivity contribution is 5.95. The number of rotatable bonds is 11. The maximum Gasteiger partial charge on any atom is 0.328 e. The molecule has 0 saturated carbocycles. The van der Waals surface area contributed by atoms with Gasteiger partial charge in [0.1, 0.15) is 35.4 Å². The third kappa shape index (κ3) is 7.46. The highest BCUT2D eigenvalue weighted by atomic mass is 19.2. The van der Waals surface area contributed by atoms with E-state index in [0.717, 1.165) is 11.1 Å². The molecule has 3 aromatic rings. The molecule has 0 aliphatic heterocycles. The number of ether oxygens (including phenoxy) is 2. The van der Waals surface area contributed by atoms with Crippen LogP contribution in [0.5, 0.6) is 11.5 Å². The minimum atomic E-state index is -2.01. The maximum absolute atomic E-state index is 14.1. The van der Waals surface area contributed by atoms with Crippen molar-refractivity contribution in [1.29, 1.82) is 0 Å². The molecule has 0 aliphatic rings. The lowest BCUT2D eigenvalue weighted by Gasteiger charge is -2.13. The molecule has 0 heterocycles. The number of nitrogens with two attached hydrogens (primary N) is 1. The summed E-state index contributed by atoms with van der Waals surface area (Å²) in [5.41, 5.74) is 13.2. The lowest BCUT2D eigenvalue weighted by atomic mass is 10.1. The molecule has 3 N–H and O–H groups in total. The number of esters is 1. The molecule has 0 aliphatic carbocycles. The summed E-state index contributed by atoms with van der Waals surface area (Å²) < 4.78 is 66.8. The topological polar surface area (TPSA) is 139 Å². The summed E-state index contributed by atoms with van der Waals surface area (Å²) in [7, 11) is 0. The van der Waals surface area contributed by atoms with Crippen molar-refractivity contribution in [3.63, 3.8) is 0 Å². The normalized spacial score (nSPS) is 11.3. The molecule has 0 bridgehead atoms. The van der Waals surface area contributed by atoms with Gasteiger partial charge < -0.3 is 20.5 Å². The number of azide groups is 1. The van der Waals surface area contributed by atoms with Crippen molar-refractivity contribution >= 4 is 17.6 Å². The standard InChI is InChI=1S/C26H23F4N5O4/c1-14-4-6-15(7-5-14)13-38-16-8-10-17(11-9-16)39-26(37)18(31)3-2-12-33-25(36)19-20(27)22(29)24(34-35-32)23(30)21(19)28/h4-11,18H,2-3,12-13,31H2,1H3,(H,33,36). The summed E-state index contributed by atoms with van der Waals surface area (Å²) in [5, 5.41) is 4.64. The van der Waals surface area contributed by atoms with Crippen LogP contribution in [0.3, 0.4) is 0 Å². The molecule has 3 rings (SSSR count). The van der Waals surface area contributed by atoms with Crippen LogP contribution in [0.4, 0.5) is 23.2 Å². The number of carbonyl (C=O) groups excluding carboxylic acids is 2. The van der Waals surface area contributed by atoms with Crippen molar-refractivity contribution in [2.45, 2.75) is 32.4 Å². The molecule has 204 valence electrons. The Morgan fingerprint density at radius 1 is 0.974 bits per heavy atom. The third-order valence-electron chi connectivity index (χ3n) is 5.46. The summed E-state index contributed by atoms with van der Waals surface area (Å²) in [6.07, 6.45) is 0.0825. The van der Waals surface area contributed by atoms with Crippen molar-refractivity contribution in [3.8, 4) is 11.5 Å². The van der Waals surface area contributed by atoms with Crippen molar-refractivity contribution in [1.82, 2.24) is 5.32 Å². The van der Waals surface area contributed by atoms with E-state index in [1.807, 2.05) is 31.2 Å². The van der Waals surface area contributed by atoms with Gasteiger partial charge in [0.25, 0.3) is 5.91 Å². The van der Waals surface area contributed by atoms with Crippen molar-refractivity contribution in [2.24, 2.45) is 10.8 Å². The largest absolute Gasteiger partial charge is 0.489 e. The van der Waals surface area contributed by atoms with E-state index in [-0.39, 0.29) is 25.1 Å². The first-order chi connectivity index (χ1) is 18.6. The van der Waals surface area contributed by atoms with Crippen LogP contribution in [0.1, 0.15) is 34.3 Å². The summed E-state index contributed by atoms with van der Waals surface area (Å²) >= 11 is 0. The Hall–Kier alpha value is -4.61. The zero-order chi connectivity index (χ0) is 28.5. The number of benzene rings is 3. The van der Waals surface area contributed by atoms with Gasteiger partial charge in [-0.3, -0.25) is 4.79 Å². The molecule has 1 unspecified atom stereocenters. The molecule has 39 heavy (non-hydrogen) atoms. The average Bonchev–Trinajstić information content (AvgIpc) is 2.92. The highest BCUT2D eigenvalue weighted by Crippen LogP contribution is 2.30. The van der Waals surface area contributed by atoms with Crippen LogP contribution in [0.15, 0.2) is 53.6 Å². The molecule has 13 heteroatoms. The number of hydrogen-bond acceptors (Lipinski definition) is 6. The van der Waals surface area contributed by atoms with E-state index in [4.69, 9.17) is 20.7 Å². The van der Waals surface area contributed by atoms with Gasteiger partial charge in [0.2, 0.25) is 0 Å². The molecule has 1 amide bonds. The van der Waals surface area contributed by atoms with Gasteiger partial charge in [0.15, 0.2) is 23.3 Å². The minimum Gasteiger partial charge on any atom is -0.489 e. The lowest BCUT2D eigenvalue weighted by molar-refractivity contribution is -0.136. The average molecular weight is 545 g/mol. The minimum absolute atomic E-state index is 0.0143. The van der Waals surface area contributed by atoms with Crippen LogP contribution in [0.25, 0.3) is 10.4 Å². The van der Waals surface area contributed by atoms with Crippen LogP contribution in [-0.4, -0.2) is 24.5 Å². The zero-order valence-electron chi connectivity index (χ0n) is 20.6. The second kappa shape index (κ2) is 13.3. The molecule has 1 atom stereocenters. The molecule has 0 spiro atoms. The fraction of sp³-hybridized carbons (Fsp3) is 0.231. The number of amides is 1. The predicted molar refractivity (Wildman–Crippen MR) is 132 cm³/mol. The zero-order valence-corrected chi connectivity index (χ0v) is 20.6. The van der Waals surface area contributed by atoms with E-state index in [2.05, 4.69) is 15.3 Å². The Balaban J connectivity index is 1.45. The number of halogens is 4. The van der Waals surface area contributed by atoms with E-state index in [1.165, 1.54) is 12.1 Å². The second-order valence-electron chi connectivity index (χ2n) is 8.34. The Morgan fingerprint density at radius 2 is 1.56 bits per heavy atom. The smallest absolute Gasteiger partial charge is 0.328 e.